The fraction of sp³-hybridized carbons (Fsp3) is 0. The van der Waals surface area contributed by atoms with Crippen molar-refractivity contribution in [2.45, 2.75) is 0 Å². The fourth-order valence-corrected chi connectivity index (χ4v) is 0. The molecular weight excluding hydrogens is 301 g/mol. The van der Waals surface area contributed by atoms with Crippen molar-refractivity contribution in [3.8, 4) is 0 Å². The Kier molecular flexibility index (Phi) is 1360. The van der Waals surface area contributed by atoms with E-state index in [2.05, 4.69) is 0 Å². The molecule has 0 fully saturated rings. The molecule has 0 saturated heterocycles. The summed E-state index contributed by atoms with van der Waals surface area (Å²) in [7, 11) is 0. The van der Waals surface area contributed by atoms with Gasteiger partial charge in [-0.1, -0.05) is 0 Å². The molecule has 0 aliphatic heterocycles. The van der Waals surface area contributed by atoms with Gasteiger partial charge in [0.1, 0.15) is 0 Å². The molecule has 0 heterocycles. The van der Waals surface area contributed by atoms with Crippen LogP contribution in [-0.4, -0.2) is 0 Å². The van der Waals surface area contributed by atoms with Gasteiger partial charge in [0.15, 0.2) is 0 Å². The zero-order valence-corrected chi connectivity index (χ0v) is 5.03. The molecule has 0 bridgehead atoms. The molecule has 0 amide bonds. The molecule has 0 saturated carbocycles. The first-order chi connectivity index (χ1) is 0. The summed E-state index contributed by atoms with van der Waals surface area (Å²) in [6.07, 6.45) is 0. The first-order valence-electron chi connectivity index (χ1n) is 0. The van der Waals surface area contributed by atoms with Crippen LogP contribution in [0.3, 0.4) is 0 Å². The quantitative estimate of drug-likeness (QED) is 0.610. The van der Waals surface area contributed by atoms with E-state index >= 15 is 0 Å². The molecule has 0 N–H and O–H groups in total. The third-order valence-electron chi connectivity index (χ3n) is 0. The molecule has 0 nitrogen and oxygen atoms in total. The average molecular weight is 304 g/mol. The van der Waals surface area contributed by atoms with E-state index in [1.807, 2.05) is 0 Å². The van der Waals surface area contributed by atoms with E-state index in [0.717, 1.165) is 0 Å². The van der Waals surface area contributed by atoms with Crippen LogP contribution in [0.25, 0.3) is 0 Å². The monoisotopic (exact) mass is 298 g/mol. The summed E-state index contributed by atoms with van der Waals surface area (Å²) in [5, 5.41) is 0. The van der Waals surface area contributed by atoms with E-state index in [0.29, 0.717) is 0 Å². The molecule has 0 radical (unpaired) electrons. The van der Waals surface area contributed by atoms with Crippen molar-refractivity contribution in [3.05, 3.63) is 0 Å². The average Bonchev–Trinajstić information content (AvgIpc) is 0. The molecule has 4 heteroatoms. The largest absolute Gasteiger partial charge is 0.269 e. The Bertz CT molecular complexity index is 3.25. The molecule has 30 valence electrons. The minimum Gasteiger partial charge on any atom is -0.269 e. The van der Waals surface area contributed by atoms with Gasteiger partial charge in [0.2, 0.25) is 0 Å². The van der Waals surface area contributed by atoms with Gasteiger partial charge >= 0.3 is 0 Å². The van der Waals surface area contributed by atoms with Gasteiger partial charge in [-0.05, 0) is 0 Å². The van der Waals surface area contributed by atoms with Crippen LogP contribution in [0.15, 0.2) is 0 Å². The Morgan fingerprint density at radius 1 is 0.500 bits per heavy atom. The van der Waals surface area contributed by atoms with Crippen LogP contribution in [0.4, 0.5) is 14.1 Å². The maximum Gasteiger partial charge on any atom is 0 e. The van der Waals surface area contributed by atoms with Gasteiger partial charge in [0.25, 0.3) is 0 Å². The van der Waals surface area contributed by atoms with Gasteiger partial charge < -0.3 is 0 Å². The van der Waals surface area contributed by atoms with Gasteiger partial charge in [0, 0.05) is 29.2 Å². The molecule has 0 aliphatic carbocycles. The first kappa shape index (κ1) is 113. The van der Waals surface area contributed by atoms with Crippen LogP contribution in [0, 0.1) is 29.2 Å². The van der Waals surface area contributed by atoms with Crippen molar-refractivity contribution < 1.29 is 43.3 Å². The summed E-state index contributed by atoms with van der Waals surface area (Å²) in [6.45, 7) is 0. The normalized spacial score (nSPS) is 0. The second-order valence-electron chi connectivity index (χ2n) is 0. The van der Waals surface area contributed by atoms with E-state index < -0.39 is 0 Å². The van der Waals surface area contributed by atoms with Crippen molar-refractivity contribution in [2.24, 2.45) is 0 Å². The molecular formula is H3F3Pu. The van der Waals surface area contributed by atoms with Crippen LogP contribution in [0.2, 0.25) is 0 Å². The van der Waals surface area contributed by atoms with Gasteiger partial charge in [-0.25, -0.2) is 0 Å². The number of hydrogen-bond acceptors (Lipinski definition) is 0. The first-order valence-corrected chi connectivity index (χ1v) is 0. The molecule has 0 unspecified atom stereocenters. The molecule has 4 heavy (non-hydrogen) atoms. The summed E-state index contributed by atoms with van der Waals surface area (Å²) in [6, 6.07) is 0. The summed E-state index contributed by atoms with van der Waals surface area (Å²) in [5.74, 6) is 0. The number of hydrogen-bond donors (Lipinski definition) is 0. The maximum absolute atomic E-state index is 0. The Balaban J connectivity index is 0. The van der Waals surface area contributed by atoms with Crippen molar-refractivity contribution >= 4 is 0 Å². The molecule has 0 aromatic heterocycles. The Morgan fingerprint density at radius 2 is 0.500 bits per heavy atom. The third kappa shape index (κ3) is 14.5. The molecule has 0 spiro atoms. The SMILES string of the molecule is F.F.F.[Pu]. The fourth-order valence-electron chi connectivity index (χ4n) is 0. The Labute approximate surface area is 43.6 Å². The maximum atomic E-state index is 0. The standard InChI is InChI=1S/3FH.Pu/h3*1H;. The van der Waals surface area contributed by atoms with E-state index in [9.17, 15) is 0 Å². The predicted molar refractivity (Wildman–Crippen MR) is 7.51 cm³/mol. The zero-order valence-electron chi connectivity index (χ0n) is 1.63. The minimum atomic E-state index is 0. The molecule has 0 aromatic rings. The van der Waals surface area contributed by atoms with Crippen molar-refractivity contribution in [1.82, 2.24) is 0 Å². The topological polar surface area (TPSA) is 0 Å². The van der Waals surface area contributed by atoms with E-state index in [4.69, 9.17) is 0 Å². The van der Waals surface area contributed by atoms with Crippen LogP contribution >= 0.6 is 0 Å². The van der Waals surface area contributed by atoms with Crippen molar-refractivity contribution in [3.63, 3.8) is 0 Å². The van der Waals surface area contributed by atoms with Crippen molar-refractivity contribution in [2.75, 3.05) is 0 Å². The van der Waals surface area contributed by atoms with E-state index in [1.54, 1.807) is 0 Å². The van der Waals surface area contributed by atoms with Crippen LogP contribution in [0.5, 0.6) is 0 Å². The smallest absolute Gasteiger partial charge is 0 e. The van der Waals surface area contributed by atoms with Gasteiger partial charge in [-0.2, -0.15) is 0 Å². The summed E-state index contributed by atoms with van der Waals surface area (Å²) >= 11 is 0. The molecule has 0 aromatic carbocycles. The number of halogens is 3. The second-order valence-corrected chi connectivity index (χ2v) is 0. The Hall–Kier alpha value is 0.777. The summed E-state index contributed by atoms with van der Waals surface area (Å²) in [5.41, 5.74) is 0. The summed E-state index contributed by atoms with van der Waals surface area (Å²) in [4.78, 5) is 0. The minimum absolute atomic E-state index is 0. The molecule has 0 atom stereocenters. The van der Waals surface area contributed by atoms with Crippen LogP contribution in [0.1, 0.15) is 0 Å². The van der Waals surface area contributed by atoms with Crippen LogP contribution < -0.4 is 0 Å². The predicted octanol–water partition coefficient (Wildman–Crippen LogP) is 0.458. The zero-order chi connectivity index (χ0) is 0. The third-order valence-corrected chi connectivity index (χ3v) is 0. The molecule has 0 rings (SSSR count). The number of rotatable bonds is 0. The van der Waals surface area contributed by atoms with E-state index in [-0.39, 0.29) is 43.3 Å². The molecule has 0 aliphatic rings. The second kappa shape index (κ2) is 48.2. The summed E-state index contributed by atoms with van der Waals surface area (Å²) < 4.78 is 0. The van der Waals surface area contributed by atoms with Crippen molar-refractivity contribution in [1.29, 1.82) is 0 Å². The Morgan fingerprint density at radius 3 is 0.500 bits per heavy atom. The van der Waals surface area contributed by atoms with Crippen LogP contribution in [-0.2, 0) is 0 Å². The van der Waals surface area contributed by atoms with Gasteiger partial charge in [-0.15, -0.1) is 0 Å². The van der Waals surface area contributed by atoms with Gasteiger partial charge in [0.05, 0.1) is 0 Å². The van der Waals surface area contributed by atoms with E-state index in [1.165, 1.54) is 0 Å². The van der Waals surface area contributed by atoms with Gasteiger partial charge in [-0.3, -0.25) is 14.1 Å².